The van der Waals surface area contributed by atoms with Crippen LogP contribution in [0, 0.1) is 0 Å². The fraction of sp³-hybridized carbons (Fsp3) is 0.412. The minimum absolute atomic E-state index is 0.00525. The Hall–Kier alpha value is -2.14. The Kier molecular flexibility index (Phi) is 5.33. The van der Waals surface area contributed by atoms with Crippen molar-refractivity contribution in [1.29, 1.82) is 0 Å². The summed E-state index contributed by atoms with van der Waals surface area (Å²) in [6, 6.07) is 9.89. The van der Waals surface area contributed by atoms with Gasteiger partial charge in [0, 0.05) is 18.6 Å². The molecule has 1 atom stereocenters. The highest BCUT2D eigenvalue weighted by Crippen LogP contribution is 2.25. The van der Waals surface area contributed by atoms with Gasteiger partial charge in [0.2, 0.25) is 0 Å². The molecule has 0 aliphatic carbocycles. The molecule has 1 heterocycles. The van der Waals surface area contributed by atoms with Gasteiger partial charge in [-0.3, -0.25) is 9.78 Å². The summed E-state index contributed by atoms with van der Waals surface area (Å²) < 4.78 is 5.81. The van der Waals surface area contributed by atoms with Gasteiger partial charge in [0.15, 0.2) is 0 Å². The third kappa shape index (κ3) is 3.74. The van der Waals surface area contributed by atoms with Gasteiger partial charge in [-0.1, -0.05) is 44.2 Å². The first kappa shape index (κ1) is 16.2. The summed E-state index contributed by atoms with van der Waals surface area (Å²) >= 11 is 0. The predicted molar refractivity (Wildman–Crippen MR) is 86.3 cm³/mol. The van der Waals surface area contributed by atoms with Gasteiger partial charge in [-0.05, 0) is 18.4 Å². The Bertz CT molecular complexity index is 717. The third-order valence-corrected chi connectivity index (χ3v) is 3.54. The maximum absolute atomic E-state index is 12.1. The van der Waals surface area contributed by atoms with Crippen molar-refractivity contribution in [3.05, 3.63) is 68.0 Å². The molecular formula is C17H22N2O3. The van der Waals surface area contributed by atoms with E-state index in [-0.39, 0.29) is 17.6 Å². The molecule has 1 aromatic heterocycles. The van der Waals surface area contributed by atoms with Crippen LogP contribution in [0.1, 0.15) is 49.6 Å². The van der Waals surface area contributed by atoms with Crippen molar-refractivity contribution in [1.82, 2.24) is 9.97 Å². The van der Waals surface area contributed by atoms with Gasteiger partial charge in [0.1, 0.15) is 6.10 Å². The molecule has 22 heavy (non-hydrogen) atoms. The largest absolute Gasteiger partial charge is 0.372 e. The summed E-state index contributed by atoms with van der Waals surface area (Å²) in [6.45, 7) is 6.26. The van der Waals surface area contributed by atoms with Crippen molar-refractivity contribution in [3.63, 3.8) is 0 Å². The van der Waals surface area contributed by atoms with E-state index in [2.05, 4.69) is 9.97 Å². The second-order valence-electron chi connectivity index (χ2n) is 5.52. The van der Waals surface area contributed by atoms with Gasteiger partial charge in [-0.15, -0.1) is 0 Å². The molecule has 0 radical (unpaired) electrons. The Balaban J connectivity index is 2.48. The van der Waals surface area contributed by atoms with Crippen LogP contribution in [-0.2, 0) is 11.2 Å². The van der Waals surface area contributed by atoms with E-state index in [1.165, 1.54) is 0 Å². The van der Waals surface area contributed by atoms with Crippen molar-refractivity contribution >= 4 is 0 Å². The summed E-state index contributed by atoms with van der Waals surface area (Å²) in [5.74, 6) is -0.00525. The van der Waals surface area contributed by atoms with Crippen LogP contribution in [-0.4, -0.2) is 16.6 Å². The first-order valence-electron chi connectivity index (χ1n) is 7.54. The zero-order valence-corrected chi connectivity index (χ0v) is 13.2. The van der Waals surface area contributed by atoms with Gasteiger partial charge in [0.25, 0.3) is 5.56 Å². The smallest absolute Gasteiger partial charge is 0.325 e. The first-order chi connectivity index (χ1) is 10.5. The van der Waals surface area contributed by atoms with E-state index in [1.807, 2.05) is 51.1 Å². The fourth-order valence-corrected chi connectivity index (χ4v) is 2.61. The van der Waals surface area contributed by atoms with E-state index in [9.17, 15) is 9.59 Å². The van der Waals surface area contributed by atoms with Crippen LogP contribution >= 0.6 is 0 Å². The lowest BCUT2D eigenvalue weighted by Gasteiger charge is -2.21. The van der Waals surface area contributed by atoms with Crippen LogP contribution in [0.3, 0.4) is 0 Å². The molecule has 0 bridgehead atoms. The van der Waals surface area contributed by atoms with Gasteiger partial charge in [-0.2, -0.15) is 0 Å². The molecule has 2 aromatic rings. The molecule has 0 aliphatic heterocycles. The van der Waals surface area contributed by atoms with Crippen molar-refractivity contribution in [2.24, 2.45) is 0 Å². The highest BCUT2D eigenvalue weighted by molar-refractivity contribution is 5.25. The zero-order valence-electron chi connectivity index (χ0n) is 13.2. The van der Waals surface area contributed by atoms with E-state index < -0.39 is 5.69 Å². The predicted octanol–water partition coefficient (Wildman–Crippen LogP) is 2.51. The lowest BCUT2D eigenvalue weighted by atomic mass is 9.96. The molecule has 2 N–H and O–H groups in total. The van der Waals surface area contributed by atoms with Crippen LogP contribution in [0.15, 0.2) is 39.9 Å². The number of hydrogen-bond acceptors (Lipinski definition) is 3. The second-order valence-corrected chi connectivity index (χ2v) is 5.52. The monoisotopic (exact) mass is 302 g/mol. The number of nitrogens with one attached hydrogen (secondary N) is 2. The Morgan fingerprint density at radius 1 is 1.09 bits per heavy atom. The Morgan fingerprint density at radius 2 is 1.77 bits per heavy atom. The van der Waals surface area contributed by atoms with E-state index in [1.54, 1.807) is 0 Å². The molecule has 0 saturated carbocycles. The van der Waals surface area contributed by atoms with E-state index in [0.29, 0.717) is 24.3 Å². The van der Waals surface area contributed by atoms with E-state index in [0.717, 1.165) is 5.56 Å². The molecule has 5 nitrogen and oxygen atoms in total. The average Bonchev–Trinajstić information content (AvgIpc) is 2.46. The Labute approximate surface area is 129 Å². The number of H-pyrrole nitrogens is 2. The molecule has 0 aliphatic rings. The summed E-state index contributed by atoms with van der Waals surface area (Å²) in [7, 11) is 0. The molecule has 0 amide bonds. The van der Waals surface area contributed by atoms with Crippen LogP contribution in [0.5, 0.6) is 0 Å². The van der Waals surface area contributed by atoms with E-state index in [4.69, 9.17) is 4.74 Å². The van der Waals surface area contributed by atoms with Crippen LogP contribution < -0.4 is 11.2 Å². The number of hydrogen-bond donors (Lipinski definition) is 2. The van der Waals surface area contributed by atoms with Gasteiger partial charge >= 0.3 is 5.69 Å². The zero-order chi connectivity index (χ0) is 16.1. The molecule has 1 aromatic carbocycles. The maximum atomic E-state index is 12.1. The molecule has 118 valence electrons. The molecule has 5 heteroatoms. The number of aromatic amines is 2. The van der Waals surface area contributed by atoms with Gasteiger partial charge in [-0.25, -0.2) is 4.79 Å². The third-order valence-electron chi connectivity index (χ3n) is 3.54. The van der Waals surface area contributed by atoms with Gasteiger partial charge in [0.05, 0.1) is 5.69 Å². The Morgan fingerprint density at radius 3 is 2.36 bits per heavy atom. The summed E-state index contributed by atoms with van der Waals surface area (Å²) in [5, 5.41) is 0. The SMILES string of the molecule is CCOC(Cc1ccccc1)c1[nH]c(=O)[nH]c(=O)c1C(C)C. The van der Waals surface area contributed by atoms with Crippen molar-refractivity contribution in [3.8, 4) is 0 Å². The summed E-state index contributed by atoms with van der Waals surface area (Å²) in [6.07, 6.45) is 0.258. The molecule has 1 unspecified atom stereocenters. The second kappa shape index (κ2) is 7.22. The molecule has 2 rings (SSSR count). The fourth-order valence-electron chi connectivity index (χ4n) is 2.61. The number of ether oxygens (including phenoxy) is 1. The molecule has 0 saturated heterocycles. The summed E-state index contributed by atoms with van der Waals surface area (Å²) in [4.78, 5) is 28.9. The lowest BCUT2D eigenvalue weighted by molar-refractivity contribution is 0.0585. The van der Waals surface area contributed by atoms with Crippen molar-refractivity contribution in [2.45, 2.75) is 39.2 Å². The minimum atomic E-state index is -0.498. The van der Waals surface area contributed by atoms with Crippen molar-refractivity contribution < 1.29 is 4.74 Å². The minimum Gasteiger partial charge on any atom is -0.372 e. The lowest BCUT2D eigenvalue weighted by Crippen LogP contribution is -2.31. The van der Waals surface area contributed by atoms with Crippen LogP contribution in [0.2, 0.25) is 0 Å². The number of rotatable bonds is 6. The quantitative estimate of drug-likeness (QED) is 0.861. The topological polar surface area (TPSA) is 75.0 Å². The molecule has 0 spiro atoms. The highest BCUT2D eigenvalue weighted by Gasteiger charge is 2.22. The van der Waals surface area contributed by atoms with Gasteiger partial charge < -0.3 is 9.72 Å². The first-order valence-corrected chi connectivity index (χ1v) is 7.54. The van der Waals surface area contributed by atoms with Crippen LogP contribution in [0.4, 0.5) is 0 Å². The van der Waals surface area contributed by atoms with E-state index >= 15 is 0 Å². The standard InChI is InChI=1S/C17H22N2O3/c1-4-22-13(10-12-8-6-5-7-9-12)15-14(11(2)3)16(20)19-17(21)18-15/h5-9,11,13H,4,10H2,1-3H3,(H2,18,19,20,21). The number of benzene rings is 1. The van der Waals surface area contributed by atoms with Crippen LogP contribution in [0.25, 0.3) is 0 Å². The highest BCUT2D eigenvalue weighted by atomic mass is 16.5. The maximum Gasteiger partial charge on any atom is 0.325 e. The average molecular weight is 302 g/mol. The number of aromatic nitrogens is 2. The molecule has 0 fully saturated rings. The van der Waals surface area contributed by atoms with Crippen molar-refractivity contribution in [2.75, 3.05) is 6.61 Å². The normalized spacial score (nSPS) is 12.5. The summed E-state index contributed by atoms with van der Waals surface area (Å²) in [5.41, 5.74) is 1.41. The molecular weight excluding hydrogens is 280 g/mol.